The van der Waals surface area contributed by atoms with Crippen LogP contribution in [0.3, 0.4) is 0 Å². The van der Waals surface area contributed by atoms with Gasteiger partial charge in [0.2, 0.25) is 0 Å². The molecular weight excluding hydrogens is 228 g/mol. The third-order valence-corrected chi connectivity index (χ3v) is 6.96. The molecular formula is C19H34. The van der Waals surface area contributed by atoms with Gasteiger partial charge in [-0.2, -0.15) is 0 Å². The average Bonchev–Trinajstić information content (AvgIpc) is 2.92. The van der Waals surface area contributed by atoms with Crippen molar-refractivity contribution in [1.29, 1.82) is 0 Å². The maximum absolute atomic E-state index is 2.55. The lowest BCUT2D eigenvalue weighted by molar-refractivity contribution is 0.132. The van der Waals surface area contributed by atoms with Crippen molar-refractivity contribution in [3.8, 4) is 0 Å². The first-order valence-electron chi connectivity index (χ1n) is 9.24. The molecule has 3 fully saturated rings. The molecule has 3 rings (SSSR count). The first-order chi connectivity index (χ1) is 9.24. The highest BCUT2D eigenvalue weighted by Gasteiger charge is 2.38. The summed E-state index contributed by atoms with van der Waals surface area (Å²) in [5, 5.41) is 0. The highest BCUT2D eigenvalue weighted by atomic mass is 14.4. The predicted octanol–water partition coefficient (Wildman–Crippen LogP) is 6.06. The van der Waals surface area contributed by atoms with Gasteiger partial charge < -0.3 is 0 Å². The molecule has 0 N–H and O–H groups in total. The number of hydrogen-bond acceptors (Lipinski definition) is 0. The van der Waals surface area contributed by atoms with E-state index in [4.69, 9.17) is 0 Å². The number of hydrogen-bond donors (Lipinski definition) is 0. The molecule has 0 aromatic rings. The first kappa shape index (κ1) is 14.0. The van der Waals surface area contributed by atoms with Crippen LogP contribution < -0.4 is 0 Å². The Bertz CT molecular complexity index is 276. The minimum Gasteiger partial charge on any atom is -0.0625 e. The van der Waals surface area contributed by atoms with Gasteiger partial charge in [0, 0.05) is 0 Å². The summed E-state index contributed by atoms with van der Waals surface area (Å²) < 4.78 is 0. The molecule has 0 amide bonds. The summed E-state index contributed by atoms with van der Waals surface area (Å²) in [4.78, 5) is 0. The van der Waals surface area contributed by atoms with Crippen LogP contribution >= 0.6 is 0 Å². The molecule has 3 saturated carbocycles. The summed E-state index contributed by atoms with van der Waals surface area (Å²) in [6.45, 7) is 5.04. The van der Waals surface area contributed by atoms with Crippen LogP contribution in [0.5, 0.6) is 0 Å². The lowest BCUT2D eigenvalue weighted by atomic mass is 9.68. The zero-order valence-corrected chi connectivity index (χ0v) is 13.2. The molecule has 0 aliphatic heterocycles. The Kier molecular flexibility index (Phi) is 4.54. The standard InChI is InChI=1S/C19H34/c1-14-8-9-15(2)19(12-14)18-11-10-17(13-18)16-6-4-3-5-7-16/h14-19H,3-13H2,1-2H3. The van der Waals surface area contributed by atoms with Crippen LogP contribution in [0.2, 0.25) is 0 Å². The van der Waals surface area contributed by atoms with Crippen molar-refractivity contribution in [2.45, 2.75) is 84.5 Å². The monoisotopic (exact) mass is 262 g/mol. The van der Waals surface area contributed by atoms with Crippen LogP contribution in [0.25, 0.3) is 0 Å². The zero-order valence-electron chi connectivity index (χ0n) is 13.2. The second-order valence-corrected chi connectivity index (χ2v) is 8.29. The molecule has 0 heteroatoms. The molecule has 5 atom stereocenters. The molecule has 0 aromatic heterocycles. The van der Waals surface area contributed by atoms with Gasteiger partial charge in [0.15, 0.2) is 0 Å². The maximum Gasteiger partial charge on any atom is -0.0357 e. The van der Waals surface area contributed by atoms with Crippen molar-refractivity contribution in [2.75, 3.05) is 0 Å². The Hall–Kier alpha value is 0. The summed E-state index contributed by atoms with van der Waals surface area (Å²) in [5.74, 6) is 6.45. The Labute approximate surface area is 120 Å². The molecule has 0 spiro atoms. The van der Waals surface area contributed by atoms with Crippen LogP contribution in [-0.4, -0.2) is 0 Å². The summed E-state index contributed by atoms with van der Waals surface area (Å²) in [6.07, 6.45) is 17.0. The molecule has 3 aliphatic carbocycles. The summed E-state index contributed by atoms with van der Waals surface area (Å²) in [5.41, 5.74) is 0. The Morgan fingerprint density at radius 3 is 2.11 bits per heavy atom. The highest BCUT2D eigenvalue weighted by molar-refractivity contribution is 4.89. The molecule has 0 nitrogen and oxygen atoms in total. The van der Waals surface area contributed by atoms with Crippen molar-refractivity contribution in [3.05, 3.63) is 0 Å². The lowest BCUT2D eigenvalue weighted by Crippen LogP contribution is -2.27. The van der Waals surface area contributed by atoms with Gasteiger partial charge in [-0.15, -0.1) is 0 Å². The van der Waals surface area contributed by atoms with Gasteiger partial charge in [0.25, 0.3) is 0 Å². The van der Waals surface area contributed by atoms with E-state index in [0.29, 0.717) is 0 Å². The summed E-state index contributed by atoms with van der Waals surface area (Å²) in [7, 11) is 0. The van der Waals surface area contributed by atoms with Gasteiger partial charge in [-0.05, 0) is 61.2 Å². The normalized spacial score (nSPS) is 45.5. The van der Waals surface area contributed by atoms with Gasteiger partial charge in [-0.3, -0.25) is 0 Å². The fraction of sp³-hybridized carbons (Fsp3) is 1.00. The van der Waals surface area contributed by atoms with Gasteiger partial charge in [0.05, 0.1) is 0 Å². The molecule has 0 heterocycles. The van der Waals surface area contributed by atoms with E-state index in [9.17, 15) is 0 Å². The van der Waals surface area contributed by atoms with Crippen molar-refractivity contribution in [2.24, 2.45) is 35.5 Å². The molecule has 3 aliphatic rings. The van der Waals surface area contributed by atoms with Crippen LogP contribution in [0, 0.1) is 35.5 Å². The quantitative estimate of drug-likeness (QED) is 0.568. The fourth-order valence-electron chi connectivity index (χ4n) is 5.71. The van der Waals surface area contributed by atoms with Crippen molar-refractivity contribution in [3.63, 3.8) is 0 Å². The van der Waals surface area contributed by atoms with E-state index >= 15 is 0 Å². The largest absolute Gasteiger partial charge is 0.0625 e. The molecule has 110 valence electrons. The molecule has 0 bridgehead atoms. The van der Waals surface area contributed by atoms with E-state index in [1.807, 2.05) is 0 Å². The third kappa shape index (κ3) is 3.19. The van der Waals surface area contributed by atoms with E-state index in [1.165, 1.54) is 32.1 Å². The second kappa shape index (κ2) is 6.19. The van der Waals surface area contributed by atoms with E-state index in [1.54, 1.807) is 38.5 Å². The Morgan fingerprint density at radius 2 is 1.32 bits per heavy atom. The van der Waals surface area contributed by atoms with E-state index < -0.39 is 0 Å². The van der Waals surface area contributed by atoms with Gasteiger partial charge in [-0.25, -0.2) is 0 Å². The molecule has 5 unspecified atom stereocenters. The van der Waals surface area contributed by atoms with Crippen molar-refractivity contribution < 1.29 is 0 Å². The topological polar surface area (TPSA) is 0 Å². The van der Waals surface area contributed by atoms with Crippen molar-refractivity contribution >= 4 is 0 Å². The first-order valence-corrected chi connectivity index (χ1v) is 9.24. The molecule has 0 radical (unpaired) electrons. The van der Waals surface area contributed by atoms with Gasteiger partial charge in [-0.1, -0.05) is 58.8 Å². The van der Waals surface area contributed by atoms with E-state index in [0.717, 1.165) is 35.5 Å². The summed E-state index contributed by atoms with van der Waals surface area (Å²) in [6, 6.07) is 0. The maximum atomic E-state index is 2.55. The highest BCUT2D eigenvalue weighted by Crippen LogP contribution is 2.49. The minimum atomic E-state index is 1.01. The fourth-order valence-corrected chi connectivity index (χ4v) is 5.71. The molecule has 19 heavy (non-hydrogen) atoms. The molecule has 0 saturated heterocycles. The Morgan fingerprint density at radius 1 is 0.579 bits per heavy atom. The SMILES string of the molecule is CC1CCC(C)C(C2CCC(C3CCCCC3)C2)C1. The Balaban J connectivity index is 1.55. The zero-order chi connectivity index (χ0) is 13.2. The minimum absolute atomic E-state index is 1.01. The lowest BCUT2D eigenvalue weighted by Gasteiger charge is -2.37. The van der Waals surface area contributed by atoms with E-state index in [-0.39, 0.29) is 0 Å². The van der Waals surface area contributed by atoms with Gasteiger partial charge >= 0.3 is 0 Å². The van der Waals surface area contributed by atoms with Crippen LogP contribution in [-0.2, 0) is 0 Å². The molecule has 0 aromatic carbocycles. The van der Waals surface area contributed by atoms with Crippen LogP contribution in [0.1, 0.15) is 84.5 Å². The average molecular weight is 262 g/mol. The van der Waals surface area contributed by atoms with Crippen LogP contribution in [0.15, 0.2) is 0 Å². The van der Waals surface area contributed by atoms with E-state index in [2.05, 4.69) is 13.8 Å². The number of rotatable bonds is 2. The second-order valence-electron chi connectivity index (χ2n) is 8.29. The third-order valence-electron chi connectivity index (χ3n) is 6.96. The van der Waals surface area contributed by atoms with Crippen LogP contribution in [0.4, 0.5) is 0 Å². The van der Waals surface area contributed by atoms with Gasteiger partial charge in [0.1, 0.15) is 0 Å². The summed E-state index contributed by atoms with van der Waals surface area (Å²) >= 11 is 0. The predicted molar refractivity (Wildman–Crippen MR) is 83.1 cm³/mol. The van der Waals surface area contributed by atoms with Crippen molar-refractivity contribution in [1.82, 2.24) is 0 Å². The smallest absolute Gasteiger partial charge is 0.0357 e.